The van der Waals surface area contributed by atoms with Crippen molar-refractivity contribution in [3.05, 3.63) is 42.2 Å². The molecule has 0 radical (unpaired) electrons. The first-order valence-corrected chi connectivity index (χ1v) is 5.78. The first-order valence-electron chi connectivity index (χ1n) is 5.78. The Morgan fingerprint density at radius 3 is 2.83 bits per heavy atom. The Morgan fingerprint density at radius 2 is 2.17 bits per heavy atom. The minimum absolute atomic E-state index is 0.0926. The zero-order chi connectivity index (χ0) is 13.1. The number of carbonyl (C=O) groups is 1. The summed E-state index contributed by atoms with van der Waals surface area (Å²) in [6.07, 6.45) is 1.74. The average Bonchev–Trinajstić information content (AvgIpc) is 2.77. The third kappa shape index (κ3) is 2.68. The maximum absolute atomic E-state index is 11.8. The number of carbonyl (C=O) groups excluding carboxylic acids is 1. The molecule has 3 N–H and O–H groups in total. The molecule has 0 aliphatic rings. The number of benzene rings is 1. The van der Waals surface area contributed by atoms with Crippen LogP contribution in [0.3, 0.4) is 0 Å². The normalized spacial score (nSPS) is 10.6. The molecule has 0 atom stereocenters. The van der Waals surface area contributed by atoms with E-state index < -0.39 is 0 Å². The predicted molar refractivity (Wildman–Crippen MR) is 70.6 cm³/mol. The fourth-order valence-corrected chi connectivity index (χ4v) is 1.59. The second-order valence-electron chi connectivity index (χ2n) is 4.37. The van der Waals surface area contributed by atoms with E-state index in [2.05, 4.69) is 10.4 Å². The topological polar surface area (TPSA) is 72.9 Å². The van der Waals surface area contributed by atoms with Crippen LogP contribution in [0.5, 0.6) is 0 Å². The van der Waals surface area contributed by atoms with Gasteiger partial charge in [0.05, 0.1) is 5.69 Å². The van der Waals surface area contributed by atoms with Crippen LogP contribution in [0.2, 0.25) is 0 Å². The highest BCUT2D eigenvalue weighted by molar-refractivity contribution is 5.92. The monoisotopic (exact) mass is 244 g/mol. The summed E-state index contributed by atoms with van der Waals surface area (Å²) in [7, 11) is 0. The number of aromatic nitrogens is 2. The highest BCUT2D eigenvalue weighted by Crippen LogP contribution is 2.11. The lowest BCUT2D eigenvalue weighted by Gasteiger charge is -2.05. The highest BCUT2D eigenvalue weighted by Gasteiger charge is 2.10. The number of nitrogens with zero attached hydrogens (tertiary/aromatic N) is 2. The average molecular weight is 244 g/mol. The Morgan fingerprint density at radius 1 is 1.39 bits per heavy atom. The zero-order valence-corrected chi connectivity index (χ0v) is 10.4. The standard InChI is InChI=1S/C13H16N4O/c1-9(2)15-13(18)12-6-7-17(16-12)11-5-3-4-10(14)8-11/h3-9H,14H2,1-2H3,(H,15,18). The minimum atomic E-state index is -0.173. The van der Waals surface area contributed by atoms with E-state index in [9.17, 15) is 4.79 Å². The number of nitrogens with one attached hydrogen (secondary N) is 1. The van der Waals surface area contributed by atoms with Gasteiger partial charge in [0.2, 0.25) is 0 Å². The van der Waals surface area contributed by atoms with Crippen molar-refractivity contribution in [2.24, 2.45) is 0 Å². The number of rotatable bonds is 3. The lowest BCUT2D eigenvalue weighted by Crippen LogP contribution is -2.30. The number of hydrogen-bond acceptors (Lipinski definition) is 3. The van der Waals surface area contributed by atoms with E-state index in [0.717, 1.165) is 5.69 Å². The Kier molecular flexibility index (Phi) is 3.32. The van der Waals surface area contributed by atoms with Crippen LogP contribution in [-0.2, 0) is 0 Å². The summed E-state index contributed by atoms with van der Waals surface area (Å²) < 4.78 is 1.63. The second kappa shape index (κ2) is 4.91. The van der Waals surface area contributed by atoms with E-state index in [0.29, 0.717) is 11.4 Å². The van der Waals surface area contributed by atoms with Crippen LogP contribution in [0.25, 0.3) is 5.69 Å². The lowest BCUT2D eigenvalue weighted by molar-refractivity contribution is 0.0937. The molecule has 0 bridgehead atoms. The molecule has 2 rings (SSSR count). The molecule has 1 heterocycles. The summed E-state index contributed by atoms with van der Waals surface area (Å²) in [5.41, 5.74) is 7.60. The van der Waals surface area contributed by atoms with E-state index in [1.807, 2.05) is 26.0 Å². The largest absolute Gasteiger partial charge is 0.399 e. The van der Waals surface area contributed by atoms with Gasteiger partial charge in [-0.05, 0) is 38.1 Å². The molecule has 0 spiro atoms. The van der Waals surface area contributed by atoms with Crippen molar-refractivity contribution in [1.82, 2.24) is 15.1 Å². The van der Waals surface area contributed by atoms with Gasteiger partial charge >= 0.3 is 0 Å². The van der Waals surface area contributed by atoms with Crippen LogP contribution in [0.15, 0.2) is 36.5 Å². The van der Waals surface area contributed by atoms with Crippen LogP contribution >= 0.6 is 0 Å². The van der Waals surface area contributed by atoms with Gasteiger partial charge < -0.3 is 11.1 Å². The van der Waals surface area contributed by atoms with Crippen LogP contribution in [0, 0.1) is 0 Å². The second-order valence-corrected chi connectivity index (χ2v) is 4.37. The summed E-state index contributed by atoms with van der Waals surface area (Å²) in [5, 5.41) is 7.02. The summed E-state index contributed by atoms with van der Waals surface area (Å²) in [4.78, 5) is 11.8. The van der Waals surface area contributed by atoms with Crippen molar-refractivity contribution in [1.29, 1.82) is 0 Å². The van der Waals surface area contributed by atoms with Gasteiger partial charge in [-0.1, -0.05) is 6.07 Å². The molecule has 0 aliphatic carbocycles. The molecule has 0 saturated carbocycles. The zero-order valence-electron chi connectivity index (χ0n) is 10.4. The van der Waals surface area contributed by atoms with Crippen molar-refractivity contribution in [2.75, 3.05) is 5.73 Å². The SMILES string of the molecule is CC(C)NC(=O)c1ccn(-c2cccc(N)c2)n1. The number of nitrogen functional groups attached to an aromatic ring is 1. The lowest BCUT2D eigenvalue weighted by atomic mass is 10.3. The Bertz CT molecular complexity index is 560. The molecule has 1 aromatic heterocycles. The molecule has 0 fully saturated rings. The summed E-state index contributed by atoms with van der Waals surface area (Å²) in [6, 6.07) is 9.11. The van der Waals surface area contributed by atoms with Crippen LogP contribution in [0.4, 0.5) is 5.69 Å². The van der Waals surface area contributed by atoms with E-state index in [4.69, 9.17) is 5.73 Å². The first kappa shape index (κ1) is 12.2. The van der Waals surface area contributed by atoms with E-state index in [-0.39, 0.29) is 11.9 Å². The summed E-state index contributed by atoms with van der Waals surface area (Å²) in [6.45, 7) is 3.82. The van der Waals surface area contributed by atoms with E-state index in [1.54, 1.807) is 29.1 Å². The van der Waals surface area contributed by atoms with Crippen molar-refractivity contribution in [3.63, 3.8) is 0 Å². The molecule has 5 heteroatoms. The third-order valence-electron chi connectivity index (χ3n) is 2.38. The molecule has 18 heavy (non-hydrogen) atoms. The Hall–Kier alpha value is -2.30. The number of hydrogen-bond donors (Lipinski definition) is 2. The van der Waals surface area contributed by atoms with Crippen LogP contribution in [0.1, 0.15) is 24.3 Å². The third-order valence-corrected chi connectivity index (χ3v) is 2.38. The highest BCUT2D eigenvalue weighted by atomic mass is 16.2. The number of amides is 1. The maximum atomic E-state index is 11.8. The van der Waals surface area contributed by atoms with Gasteiger partial charge in [0.1, 0.15) is 0 Å². The minimum Gasteiger partial charge on any atom is -0.399 e. The van der Waals surface area contributed by atoms with Crippen LogP contribution in [-0.4, -0.2) is 21.7 Å². The van der Waals surface area contributed by atoms with E-state index >= 15 is 0 Å². The smallest absolute Gasteiger partial charge is 0.271 e. The predicted octanol–water partition coefficient (Wildman–Crippen LogP) is 1.59. The fraction of sp³-hybridized carbons (Fsp3) is 0.231. The van der Waals surface area contributed by atoms with Gasteiger partial charge in [0, 0.05) is 17.9 Å². The van der Waals surface area contributed by atoms with Crippen molar-refractivity contribution in [2.45, 2.75) is 19.9 Å². The van der Waals surface area contributed by atoms with Crippen molar-refractivity contribution >= 4 is 11.6 Å². The molecule has 1 amide bonds. The van der Waals surface area contributed by atoms with Crippen molar-refractivity contribution in [3.8, 4) is 5.69 Å². The Labute approximate surface area is 106 Å². The van der Waals surface area contributed by atoms with Crippen molar-refractivity contribution < 1.29 is 4.79 Å². The Balaban J connectivity index is 2.23. The van der Waals surface area contributed by atoms with Gasteiger partial charge in [-0.15, -0.1) is 0 Å². The van der Waals surface area contributed by atoms with Gasteiger partial charge in [0.25, 0.3) is 5.91 Å². The summed E-state index contributed by atoms with van der Waals surface area (Å²) in [5.74, 6) is -0.173. The first-order chi connectivity index (χ1) is 8.56. The van der Waals surface area contributed by atoms with Gasteiger partial charge in [0.15, 0.2) is 5.69 Å². The molecule has 1 aromatic carbocycles. The number of anilines is 1. The maximum Gasteiger partial charge on any atom is 0.271 e. The molecule has 0 aliphatic heterocycles. The van der Waals surface area contributed by atoms with Gasteiger partial charge in [-0.3, -0.25) is 4.79 Å². The van der Waals surface area contributed by atoms with Crippen LogP contribution < -0.4 is 11.1 Å². The fourth-order valence-electron chi connectivity index (χ4n) is 1.59. The molecular weight excluding hydrogens is 228 g/mol. The molecule has 0 unspecified atom stereocenters. The quantitative estimate of drug-likeness (QED) is 0.805. The van der Waals surface area contributed by atoms with E-state index in [1.165, 1.54) is 0 Å². The molecule has 0 saturated heterocycles. The van der Waals surface area contributed by atoms with Gasteiger partial charge in [-0.2, -0.15) is 5.10 Å². The summed E-state index contributed by atoms with van der Waals surface area (Å²) >= 11 is 0. The molecule has 5 nitrogen and oxygen atoms in total. The van der Waals surface area contributed by atoms with Gasteiger partial charge in [-0.25, -0.2) is 4.68 Å². The molecular formula is C13H16N4O. The molecule has 94 valence electrons. The number of nitrogens with two attached hydrogens (primary N) is 1. The molecule has 2 aromatic rings.